The number of morpholine rings is 1. The fraction of sp³-hybridized carbons (Fsp3) is 0.412. The van der Waals surface area contributed by atoms with Crippen LogP contribution in [0.4, 0.5) is 11.6 Å². The summed E-state index contributed by atoms with van der Waals surface area (Å²) >= 11 is 0. The SMILES string of the molecule is O=c1[nH]nc(CCCNc2nc3ccccc3nc2N2CCOCC2)[nH]1. The Hall–Kier alpha value is -2.94. The van der Waals surface area contributed by atoms with Crippen LogP contribution in [0, 0.1) is 0 Å². The van der Waals surface area contributed by atoms with Crippen LogP contribution >= 0.6 is 0 Å². The van der Waals surface area contributed by atoms with Gasteiger partial charge in [-0.25, -0.2) is 19.9 Å². The standard InChI is InChI=1S/C17H21N7O2/c25-17-21-14(22-23-17)6-3-7-18-15-16(24-8-10-26-11-9-24)20-13-5-2-1-4-12(13)19-15/h1-2,4-5H,3,6-11H2,(H,18,19)(H2,21,22,23,25). The van der Waals surface area contributed by atoms with Crippen molar-refractivity contribution in [3.8, 4) is 0 Å². The molecule has 1 aliphatic rings. The highest BCUT2D eigenvalue weighted by molar-refractivity contribution is 5.80. The first kappa shape index (κ1) is 16.5. The van der Waals surface area contributed by atoms with Gasteiger partial charge >= 0.3 is 5.69 Å². The van der Waals surface area contributed by atoms with Crippen molar-refractivity contribution in [1.82, 2.24) is 25.1 Å². The van der Waals surface area contributed by atoms with Gasteiger partial charge in [0.1, 0.15) is 5.82 Å². The van der Waals surface area contributed by atoms with Crippen LogP contribution in [-0.2, 0) is 11.2 Å². The molecule has 4 rings (SSSR count). The quantitative estimate of drug-likeness (QED) is 0.564. The monoisotopic (exact) mass is 355 g/mol. The van der Waals surface area contributed by atoms with Gasteiger partial charge in [-0.1, -0.05) is 12.1 Å². The lowest BCUT2D eigenvalue weighted by atomic mass is 10.2. The van der Waals surface area contributed by atoms with Gasteiger partial charge in [-0.3, -0.25) is 4.98 Å². The van der Waals surface area contributed by atoms with E-state index in [1.807, 2.05) is 24.3 Å². The first-order valence-electron chi connectivity index (χ1n) is 8.76. The van der Waals surface area contributed by atoms with E-state index < -0.39 is 0 Å². The molecule has 0 saturated carbocycles. The number of nitrogens with zero attached hydrogens (tertiary/aromatic N) is 4. The summed E-state index contributed by atoms with van der Waals surface area (Å²) in [5, 5.41) is 9.69. The number of ether oxygens (including phenoxy) is 1. The summed E-state index contributed by atoms with van der Waals surface area (Å²) in [6.45, 7) is 3.70. The zero-order chi connectivity index (χ0) is 17.8. The number of rotatable bonds is 6. The van der Waals surface area contributed by atoms with Crippen molar-refractivity contribution < 1.29 is 4.74 Å². The van der Waals surface area contributed by atoms with Crippen molar-refractivity contribution in [2.75, 3.05) is 43.1 Å². The third-order valence-electron chi connectivity index (χ3n) is 4.30. The summed E-state index contributed by atoms with van der Waals surface area (Å²) < 4.78 is 5.45. The van der Waals surface area contributed by atoms with Crippen LogP contribution in [0.2, 0.25) is 0 Å². The maximum atomic E-state index is 11.1. The van der Waals surface area contributed by atoms with E-state index in [9.17, 15) is 4.79 Å². The van der Waals surface area contributed by atoms with Crippen molar-refractivity contribution >= 4 is 22.7 Å². The van der Waals surface area contributed by atoms with Gasteiger partial charge in [0.05, 0.1) is 24.2 Å². The molecule has 2 aromatic heterocycles. The summed E-state index contributed by atoms with van der Waals surface area (Å²) in [6, 6.07) is 7.87. The maximum absolute atomic E-state index is 11.1. The van der Waals surface area contributed by atoms with Gasteiger partial charge in [-0.05, 0) is 18.6 Å². The number of hydrogen-bond acceptors (Lipinski definition) is 7. The summed E-state index contributed by atoms with van der Waals surface area (Å²) in [5.41, 5.74) is 1.47. The van der Waals surface area contributed by atoms with Crippen molar-refractivity contribution in [3.05, 3.63) is 40.6 Å². The Morgan fingerprint density at radius 3 is 2.65 bits per heavy atom. The third-order valence-corrected chi connectivity index (χ3v) is 4.30. The summed E-state index contributed by atoms with van der Waals surface area (Å²) in [6.07, 6.45) is 1.50. The van der Waals surface area contributed by atoms with E-state index >= 15 is 0 Å². The normalized spacial score (nSPS) is 14.7. The Kier molecular flexibility index (Phi) is 4.78. The molecule has 9 heteroatoms. The highest BCUT2D eigenvalue weighted by Crippen LogP contribution is 2.25. The molecule has 0 spiro atoms. The molecule has 1 aromatic carbocycles. The fourth-order valence-corrected chi connectivity index (χ4v) is 2.99. The number of benzene rings is 1. The van der Waals surface area contributed by atoms with Crippen LogP contribution in [0.25, 0.3) is 11.0 Å². The van der Waals surface area contributed by atoms with E-state index in [-0.39, 0.29) is 5.69 Å². The van der Waals surface area contributed by atoms with E-state index in [0.717, 1.165) is 42.2 Å². The molecule has 0 aliphatic carbocycles. The number of hydrogen-bond donors (Lipinski definition) is 3. The fourth-order valence-electron chi connectivity index (χ4n) is 2.99. The molecule has 26 heavy (non-hydrogen) atoms. The second-order valence-electron chi connectivity index (χ2n) is 6.14. The van der Waals surface area contributed by atoms with Gasteiger partial charge in [0.25, 0.3) is 0 Å². The molecule has 9 nitrogen and oxygen atoms in total. The van der Waals surface area contributed by atoms with E-state index in [1.165, 1.54) is 0 Å². The van der Waals surface area contributed by atoms with E-state index in [4.69, 9.17) is 14.7 Å². The van der Waals surface area contributed by atoms with Gasteiger partial charge in [0.2, 0.25) is 0 Å². The van der Waals surface area contributed by atoms with Crippen LogP contribution in [0.5, 0.6) is 0 Å². The van der Waals surface area contributed by atoms with Crippen molar-refractivity contribution in [2.24, 2.45) is 0 Å². The molecule has 3 aromatic rings. The van der Waals surface area contributed by atoms with Crippen LogP contribution in [0.3, 0.4) is 0 Å². The first-order valence-corrected chi connectivity index (χ1v) is 8.76. The largest absolute Gasteiger partial charge is 0.378 e. The molecule has 0 bridgehead atoms. The van der Waals surface area contributed by atoms with Gasteiger partial charge in [0.15, 0.2) is 11.6 Å². The Morgan fingerprint density at radius 1 is 1.15 bits per heavy atom. The lowest BCUT2D eigenvalue weighted by Gasteiger charge is -2.29. The van der Waals surface area contributed by atoms with Gasteiger partial charge in [-0.15, -0.1) is 0 Å². The van der Waals surface area contributed by atoms with Gasteiger partial charge < -0.3 is 15.0 Å². The van der Waals surface area contributed by atoms with E-state index in [1.54, 1.807) is 0 Å². The second-order valence-corrected chi connectivity index (χ2v) is 6.14. The number of nitrogens with one attached hydrogen (secondary N) is 3. The van der Waals surface area contributed by atoms with Gasteiger partial charge in [-0.2, -0.15) is 5.10 Å². The van der Waals surface area contributed by atoms with Crippen LogP contribution in [-0.4, -0.2) is 58.0 Å². The molecular weight excluding hydrogens is 334 g/mol. The Labute approximate surface area is 149 Å². The van der Waals surface area contributed by atoms with E-state index in [0.29, 0.717) is 32.0 Å². The molecule has 0 amide bonds. The Morgan fingerprint density at radius 2 is 1.92 bits per heavy atom. The maximum Gasteiger partial charge on any atom is 0.340 e. The molecule has 1 fully saturated rings. The molecule has 0 radical (unpaired) electrons. The van der Waals surface area contributed by atoms with Crippen molar-refractivity contribution in [1.29, 1.82) is 0 Å². The van der Waals surface area contributed by atoms with E-state index in [2.05, 4.69) is 25.4 Å². The number of H-pyrrole nitrogens is 2. The van der Waals surface area contributed by atoms with Crippen LogP contribution in [0.15, 0.2) is 29.1 Å². The number of fused-ring (bicyclic) bond motifs is 1. The second kappa shape index (κ2) is 7.52. The summed E-state index contributed by atoms with van der Waals surface area (Å²) in [7, 11) is 0. The lowest BCUT2D eigenvalue weighted by molar-refractivity contribution is 0.122. The molecule has 136 valence electrons. The number of aromatic amines is 2. The predicted molar refractivity (Wildman–Crippen MR) is 98.6 cm³/mol. The van der Waals surface area contributed by atoms with Crippen LogP contribution in [0.1, 0.15) is 12.2 Å². The molecule has 3 heterocycles. The first-order chi connectivity index (χ1) is 12.8. The highest BCUT2D eigenvalue weighted by atomic mass is 16.5. The zero-order valence-electron chi connectivity index (χ0n) is 14.4. The molecule has 0 atom stereocenters. The number of aromatic nitrogens is 5. The Bertz CT molecular complexity index is 930. The van der Waals surface area contributed by atoms with Crippen molar-refractivity contribution in [2.45, 2.75) is 12.8 Å². The topological polar surface area (TPSA) is 112 Å². The highest BCUT2D eigenvalue weighted by Gasteiger charge is 2.18. The minimum Gasteiger partial charge on any atom is -0.378 e. The molecule has 1 saturated heterocycles. The van der Waals surface area contributed by atoms with Crippen molar-refractivity contribution in [3.63, 3.8) is 0 Å². The number of para-hydroxylation sites is 2. The predicted octanol–water partition coefficient (Wildman–Crippen LogP) is 0.922. The smallest absolute Gasteiger partial charge is 0.340 e. The minimum absolute atomic E-state index is 0.275. The number of anilines is 2. The number of aryl methyl sites for hydroxylation is 1. The third kappa shape index (κ3) is 3.67. The molecule has 1 aliphatic heterocycles. The average molecular weight is 355 g/mol. The molecular formula is C17H21N7O2. The zero-order valence-corrected chi connectivity index (χ0v) is 14.4. The molecule has 3 N–H and O–H groups in total. The summed E-state index contributed by atoms with van der Waals surface area (Å²) in [5.74, 6) is 2.30. The Balaban J connectivity index is 1.50. The molecule has 0 unspecified atom stereocenters. The lowest BCUT2D eigenvalue weighted by Crippen LogP contribution is -2.37. The summed E-state index contributed by atoms with van der Waals surface area (Å²) in [4.78, 5) is 25.5. The minimum atomic E-state index is -0.275. The average Bonchev–Trinajstić information content (AvgIpc) is 3.10. The van der Waals surface area contributed by atoms with Crippen LogP contribution < -0.4 is 15.9 Å². The van der Waals surface area contributed by atoms with Gasteiger partial charge in [0, 0.05) is 26.1 Å².